The maximum absolute atomic E-state index is 13.1. The average Bonchev–Trinajstić information content (AvgIpc) is 3.17. The number of pyridine rings is 1. The van der Waals surface area contributed by atoms with Gasteiger partial charge in [-0.1, -0.05) is 6.42 Å². The molecule has 2 aromatic rings. The van der Waals surface area contributed by atoms with Crippen molar-refractivity contribution < 1.29 is 8.42 Å². The summed E-state index contributed by atoms with van der Waals surface area (Å²) in [5, 5.41) is 0.954. The Balaban J connectivity index is 1.12. The van der Waals surface area contributed by atoms with E-state index in [1.54, 1.807) is 10.5 Å². The van der Waals surface area contributed by atoms with Crippen LogP contribution in [0.1, 0.15) is 43.6 Å². The fraction of sp³-hybridized carbons (Fsp3) is 0.682. The lowest BCUT2D eigenvalue weighted by atomic mass is 9.90. The number of piperidine rings is 2. The van der Waals surface area contributed by atoms with Crippen LogP contribution in [-0.4, -0.2) is 90.1 Å². The van der Waals surface area contributed by atoms with E-state index in [1.165, 1.54) is 43.3 Å². The van der Waals surface area contributed by atoms with E-state index in [1.807, 2.05) is 6.07 Å². The van der Waals surface area contributed by atoms with Gasteiger partial charge in [0.15, 0.2) is 0 Å². The Morgan fingerprint density at radius 3 is 2.50 bits per heavy atom. The molecule has 3 aliphatic heterocycles. The highest BCUT2D eigenvalue weighted by Gasteiger charge is 2.41. The first kappa shape index (κ1) is 20.4. The summed E-state index contributed by atoms with van der Waals surface area (Å²) in [5.41, 5.74) is 2.20. The van der Waals surface area contributed by atoms with Crippen LogP contribution in [0.3, 0.4) is 0 Å². The van der Waals surface area contributed by atoms with E-state index in [4.69, 9.17) is 0 Å². The van der Waals surface area contributed by atoms with Crippen molar-refractivity contribution in [2.45, 2.75) is 43.3 Å². The van der Waals surface area contributed by atoms with Gasteiger partial charge in [0.05, 0.1) is 0 Å². The standard InChI is InChI=1S/C22H33N5O2S/c28-30(29,19-16-26(17-19)14-13-25-9-2-1-3-10-25)27-11-6-18(7-12-27)21-15-24-22-20(21)5-4-8-23-22/h4-5,8,15,18-19H,1-3,6-7,9-14,16-17H2,(H,23,24). The van der Waals surface area contributed by atoms with Crippen LogP contribution in [0.2, 0.25) is 0 Å². The van der Waals surface area contributed by atoms with Gasteiger partial charge in [-0.3, -0.25) is 4.90 Å². The van der Waals surface area contributed by atoms with Crippen molar-refractivity contribution in [3.05, 3.63) is 30.1 Å². The molecule has 0 aromatic carbocycles. The molecule has 0 amide bonds. The van der Waals surface area contributed by atoms with E-state index >= 15 is 0 Å². The molecule has 0 aliphatic carbocycles. The Kier molecular flexibility index (Phi) is 5.84. The number of fused-ring (bicyclic) bond motifs is 1. The van der Waals surface area contributed by atoms with Gasteiger partial charge in [0.25, 0.3) is 0 Å². The van der Waals surface area contributed by atoms with Crippen molar-refractivity contribution in [2.24, 2.45) is 0 Å². The molecule has 5 rings (SSSR count). The molecule has 8 heteroatoms. The molecule has 3 saturated heterocycles. The van der Waals surface area contributed by atoms with E-state index in [0.29, 0.717) is 32.1 Å². The molecule has 0 radical (unpaired) electrons. The minimum Gasteiger partial charge on any atom is -0.346 e. The van der Waals surface area contributed by atoms with Gasteiger partial charge >= 0.3 is 0 Å². The first-order valence-electron chi connectivity index (χ1n) is 11.5. The van der Waals surface area contributed by atoms with Gasteiger partial charge in [-0.25, -0.2) is 17.7 Å². The number of nitrogens with one attached hydrogen (secondary N) is 1. The van der Waals surface area contributed by atoms with E-state index in [0.717, 1.165) is 31.6 Å². The Morgan fingerprint density at radius 1 is 1.00 bits per heavy atom. The quantitative estimate of drug-likeness (QED) is 0.760. The average molecular weight is 432 g/mol. The third-order valence-electron chi connectivity index (χ3n) is 7.26. The number of rotatable bonds is 6. The lowest BCUT2D eigenvalue weighted by Gasteiger charge is -2.43. The molecule has 1 N–H and O–H groups in total. The van der Waals surface area contributed by atoms with Gasteiger partial charge in [-0.15, -0.1) is 0 Å². The van der Waals surface area contributed by atoms with Crippen LogP contribution in [-0.2, 0) is 10.0 Å². The largest absolute Gasteiger partial charge is 0.346 e. The molecule has 0 spiro atoms. The number of aromatic nitrogens is 2. The van der Waals surface area contributed by atoms with Crippen LogP contribution in [0, 0.1) is 0 Å². The molecule has 5 heterocycles. The molecule has 0 saturated carbocycles. The van der Waals surface area contributed by atoms with Gasteiger partial charge in [-0.05, 0) is 62.4 Å². The molecule has 2 aromatic heterocycles. The van der Waals surface area contributed by atoms with Crippen LogP contribution >= 0.6 is 0 Å². The Bertz CT molecular complexity index is 955. The Morgan fingerprint density at radius 2 is 1.73 bits per heavy atom. The van der Waals surface area contributed by atoms with E-state index in [9.17, 15) is 8.42 Å². The molecule has 0 unspecified atom stereocenters. The first-order valence-corrected chi connectivity index (χ1v) is 13.0. The van der Waals surface area contributed by atoms with E-state index in [2.05, 4.69) is 32.0 Å². The third-order valence-corrected chi connectivity index (χ3v) is 9.49. The molecule has 164 valence electrons. The summed E-state index contributed by atoms with van der Waals surface area (Å²) in [5.74, 6) is 0.400. The minimum absolute atomic E-state index is 0.215. The van der Waals surface area contributed by atoms with Crippen molar-refractivity contribution in [1.82, 2.24) is 24.1 Å². The van der Waals surface area contributed by atoms with Crippen LogP contribution in [0.25, 0.3) is 11.0 Å². The number of H-pyrrole nitrogens is 1. The highest BCUT2D eigenvalue weighted by molar-refractivity contribution is 7.89. The van der Waals surface area contributed by atoms with Gasteiger partial charge in [0, 0.05) is 57.0 Å². The normalized spacial score (nSPS) is 23.7. The summed E-state index contributed by atoms with van der Waals surface area (Å²) in [7, 11) is -3.18. The fourth-order valence-corrected chi connectivity index (χ4v) is 7.25. The van der Waals surface area contributed by atoms with Crippen LogP contribution in [0.4, 0.5) is 0 Å². The second-order valence-electron chi connectivity index (χ2n) is 9.15. The van der Waals surface area contributed by atoms with Gasteiger partial charge in [0.1, 0.15) is 10.9 Å². The maximum atomic E-state index is 13.1. The summed E-state index contributed by atoms with van der Waals surface area (Å²) < 4.78 is 27.9. The molecule has 0 bridgehead atoms. The lowest BCUT2D eigenvalue weighted by Crippen LogP contribution is -2.60. The topological polar surface area (TPSA) is 72.5 Å². The minimum atomic E-state index is -3.18. The van der Waals surface area contributed by atoms with Gasteiger partial charge in [0.2, 0.25) is 10.0 Å². The molecular weight excluding hydrogens is 398 g/mol. The highest BCUT2D eigenvalue weighted by Crippen LogP contribution is 2.34. The number of hydrogen-bond acceptors (Lipinski definition) is 5. The zero-order valence-corrected chi connectivity index (χ0v) is 18.5. The lowest BCUT2D eigenvalue weighted by molar-refractivity contribution is 0.137. The van der Waals surface area contributed by atoms with Crippen molar-refractivity contribution in [1.29, 1.82) is 0 Å². The summed E-state index contributed by atoms with van der Waals surface area (Å²) in [4.78, 5) is 12.5. The number of aromatic amines is 1. The third kappa shape index (κ3) is 4.02. The first-order chi connectivity index (χ1) is 14.6. The Hall–Kier alpha value is -1.48. The van der Waals surface area contributed by atoms with E-state index < -0.39 is 10.0 Å². The van der Waals surface area contributed by atoms with Crippen LogP contribution in [0.15, 0.2) is 24.5 Å². The second kappa shape index (κ2) is 8.57. The number of likely N-dealkylation sites (tertiary alicyclic amines) is 2. The Labute approximate surface area is 179 Å². The van der Waals surface area contributed by atoms with Crippen LogP contribution < -0.4 is 0 Å². The molecular formula is C22H33N5O2S. The molecule has 0 atom stereocenters. The summed E-state index contributed by atoms with van der Waals surface area (Å²) in [6.07, 6.45) is 9.59. The highest BCUT2D eigenvalue weighted by atomic mass is 32.2. The van der Waals surface area contributed by atoms with Crippen molar-refractivity contribution >= 4 is 21.1 Å². The predicted molar refractivity (Wildman–Crippen MR) is 119 cm³/mol. The zero-order chi connectivity index (χ0) is 20.6. The van der Waals surface area contributed by atoms with E-state index in [-0.39, 0.29) is 5.25 Å². The SMILES string of the molecule is O=S(=O)(C1CN(CCN2CCCCC2)C1)N1CCC(c2c[nH]c3ncccc23)CC1. The number of sulfonamides is 1. The molecule has 3 aliphatic rings. The molecule has 30 heavy (non-hydrogen) atoms. The summed E-state index contributed by atoms with van der Waals surface area (Å²) in [6, 6.07) is 4.07. The zero-order valence-electron chi connectivity index (χ0n) is 17.7. The number of hydrogen-bond donors (Lipinski definition) is 1. The van der Waals surface area contributed by atoms with Crippen molar-refractivity contribution in [2.75, 3.05) is 52.4 Å². The monoisotopic (exact) mass is 431 g/mol. The predicted octanol–water partition coefficient (Wildman–Crippen LogP) is 2.24. The van der Waals surface area contributed by atoms with Gasteiger partial charge < -0.3 is 9.88 Å². The molecule has 7 nitrogen and oxygen atoms in total. The summed E-state index contributed by atoms with van der Waals surface area (Å²) in [6.45, 7) is 7.15. The second-order valence-corrected chi connectivity index (χ2v) is 11.4. The maximum Gasteiger partial charge on any atom is 0.219 e. The summed E-state index contributed by atoms with van der Waals surface area (Å²) >= 11 is 0. The smallest absolute Gasteiger partial charge is 0.219 e. The number of nitrogens with zero attached hydrogens (tertiary/aromatic N) is 4. The van der Waals surface area contributed by atoms with Gasteiger partial charge in [-0.2, -0.15) is 0 Å². The van der Waals surface area contributed by atoms with Crippen LogP contribution in [0.5, 0.6) is 0 Å². The molecule has 3 fully saturated rings. The van der Waals surface area contributed by atoms with Crippen molar-refractivity contribution in [3.8, 4) is 0 Å². The van der Waals surface area contributed by atoms with Crippen molar-refractivity contribution in [3.63, 3.8) is 0 Å². The fourth-order valence-electron chi connectivity index (χ4n) is 5.31.